The van der Waals surface area contributed by atoms with E-state index in [2.05, 4.69) is 23.0 Å². The van der Waals surface area contributed by atoms with Crippen molar-refractivity contribution in [1.29, 1.82) is 5.26 Å². The van der Waals surface area contributed by atoms with Gasteiger partial charge >= 0.3 is 0 Å². The first-order chi connectivity index (χ1) is 12.7. The summed E-state index contributed by atoms with van der Waals surface area (Å²) in [5, 5.41) is 9.48. The van der Waals surface area contributed by atoms with E-state index in [4.69, 9.17) is 4.74 Å². The van der Waals surface area contributed by atoms with Crippen LogP contribution in [-0.2, 0) is 4.79 Å². The molecule has 0 bridgehead atoms. The summed E-state index contributed by atoms with van der Waals surface area (Å²) in [7, 11) is 0. The molecule has 0 fully saturated rings. The molecular formula is C21H19N3O2. The van der Waals surface area contributed by atoms with Crippen LogP contribution in [0.15, 0.2) is 64.1 Å². The molecule has 0 N–H and O–H groups in total. The van der Waals surface area contributed by atoms with Crippen LogP contribution in [0.3, 0.4) is 0 Å². The maximum absolute atomic E-state index is 12.2. The fourth-order valence-corrected chi connectivity index (χ4v) is 2.60. The number of ether oxygens (including phenoxy) is 1. The molecule has 2 aliphatic rings. The number of hydrogen-bond donors (Lipinski definition) is 0. The van der Waals surface area contributed by atoms with Gasteiger partial charge in [0.25, 0.3) is 5.91 Å². The van der Waals surface area contributed by atoms with Crippen LogP contribution in [0.25, 0.3) is 6.08 Å². The van der Waals surface area contributed by atoms with Gasteiger partial charge in [-0.2, -0.15) is 10.3 Å². The molecule has 0 radical (unpaired) electrons. The number of hydrogen-bond acceptors (Lipinski definition) is 4. The summed E-state index contributed by atoms with van der Waals surface area (Å²) in [5.74, 6) is 0.211. The van der Waals surface area contributed by atoms with Crippen LogP contribution in [-0.4, -0.2) is 24.1 Å². The van der Waals surface area contributed by atoms with Crippen molar-refractivity contribution in [3.05, 3.63) is 59.7 Å². The minimum atomic E-state index is -0.441. The van der Waals surface area contributed by atoms with E-state index in [1.807, 2.05) is 30.3 Å². The average molecular weight is 345 g/mol. The predicted octanol–water partition coefficient (Wildman–Crippen LogP) is 3.89. The van der Waals surface area contributed by atoms with Crippen LogP contribution >= 0.6 is 0 Å². The number of fused-ring (bicyclic) bond motifs is 1. The molecule has 1 aliphatic carbocycles. The minimum absolute atomic E-state index is 0.159. The Bertz CT molecular complexity index is 881. The Kier molecular flexibility index (Phi) is 5.55. The zero-order chi connectivity index (χ0) is 18.4. The molecule has 130 valence electrons. The summed E-state index contributed by atoms with van der Waals surface area (Å²) >= 11 is 0. The number of allylic oxidation sites excluding steroid dienone is 3. The first kappa shape index (κ1) is 17.6. The lowest BCUT2D eigenvalue weighted by atomic mass is 9.96. The van der Waals surface area contributed by atoms with Gasteiger partial charge < -0.3 is 4.74 Å². The Hall–Kier alpha value is -3.26. The molecule has 1 aliphatic heterocycles. The topological polar surface area (TPSA) is 74.8 Å². The lowest BCUT2D eigenvalue weighted by molar-refractivity contribution is -0.118. The highest BCUT2D eigenvalue weighted by molar-refractivity contribution is 6.26. The molecule has 5 nitrogen and oxygen atoms in total. The average Bonchev–Trinajstić information content (AvgIpc) is 2.67. The third kappa shape index (κ3) is 4.04. The van der Waals surface area contributed by atoms with Crippen LogP contribution in [0.5, 0.6) is 5.75 Å². The van der Waals surface area contributed by atoms with E-state index in [1.165, 1.54) is 0 Å². The van der Waals surface area contributed by atoms with E-state index in [0.717, 1.165) is 24.2 Å². The van der Waals surface area contributed by atoms with Gasteiger partial charge in [-0.1, -0.05) is 43.7 Å². The summed E-state index contributed by atoms with van der Waals surface area (Å²) in [6.45, 7) is 2.80. The van der Waals surface area contributed by atoms with Gasteiger partial charge in [0, 0.05) is 0 Å². The fourth-order valence-electron chi connectivity index (χ4n) is 2.60. The van der Waals surface area contributed by atoms with E-state index in [0.29, 0.717) is 12.3 Å². The molecule has 26 heavy (non-hydrogen) atoms. The number of amidine groups is 1. The first-order valence-corrected chi connectivity index (χ1v) is 8.62. The lowest BCUT2D eigenvalue weighted by Crippen LogP contribution is -2.27. The SMILES string of the molecule is CCCCOc1ccc(/C=C(\C#N)C2=NC(=O)C3C=CC=CC3=N2)cc1. The van der Waals surface area contributed by atoms with Crippen molar-refractivity contribution in [2.45, 2.75) is 19.8 Å². The van der Waals surface area contributed by atoms with Crippen molar-refractivity contribution in [3.8, 4) is 11.8 Å². The number of nitriles is 1. The van der Waals surface area contributed by atoms with Crippen molar-refractivity contribution in [3.63, 3.8) is 0 Å². The number of amides is 1. The number of unbranched alkanes of at least 4 members (excludes halogenated alkanes) is 1. The Labute approximate surface area is 152 Å². The molecule has 1 amide bonds. The molecule has 0 aromatic heterocycles. The highest BCUT2D eigenvalue weighted by atomic mass is 16.5. The maximum atomic E-state index is 12.2. The van der Waals surface area contributed by atoms with Gasteiger partial charge in [-0.25, -0.2) is 4.99 Å². The summed E-state index contributed by atoms with van der Waals surface area (Å²) in [5.41, 5.74) is 1.69. The van der Waals surface area contributed by atoms with Crippen LogP contribution in [0.4, 0.5) is 0 Å². The molecule has 0 saturated heterocycles. The smallest absolute Gasteiger partial charge is 0.260 e. The number of aliphatic imine (C=N–C) groups is 2. The number of nitrogens with zero attached hydrogens (tertiary/aromatic N) is 3. The van der Waals surface area contributed by atoms with Crippen LogP contribution < -0.4 is 4.74 Å². The minimum Gasteiger partial charge on any atom is -0.494 e. The molecule has 0 saturated carbocycles. The molecule has 5 heteroatoms. The Morgan fingerprint density at radius 1 is 1.27 bits per heavy atom. The van der Waals surface area contributed by atoms with Gasteiger partial charge in [-0.15, -0.1) is 0 Å². The van der Waals surface area contributed by atoms with E-state index in [1.54, 1.807) is 24.3 Å². The second kappa shape index (κ2) is 8.21. The molecule has 3 rings (SSSR count). The van der Waals surface area contributed by atoms with E-state index in [9.17, 15) is 10.1 Å². The van der Waals surface area contributed by atoms with E-state index < -0.39 is 5.92 Å². The van der Waals surface area contributed by atoms with Gasteiger partial charge in [0.1, 0.15) is 17.7 Å². The summed E-state index contributed by atoms with van der Waals surface area (Å²) in [6, 6.07) is 9.54. The predicted molar refractivity (Wildman–Crippen MR) is 102 cm³/mol. The highest BCUT2D eigenvalue weighted by Gasteiger charge is 2.27. The van der Waals surface area contributed by atoms with Gasteiger partial charge in [0.15, 0.2) is 5.84 Å². The Morgan fingerprint density at radius 2 is 2.08 bits per heavy atom. The maximum Gasteiger partial charge on any atom is 0.260 e. The highest BCUT2D eigenvalue weighted by Crippen LogP contribution is 2.20. The molecule has 1 atom stereocenters. The lowest BCUT2D eigenvalue weighted by Gasteiger charge is -2.17. The van der Waals surface area contributed by atoms with E-state index >= 15 is 0 Å². The first-order valence-electron chi connectivity index (χ1n) is 8.62. The van der Waals surface area contributed by atoms with Crippen LogP contribution in [0.2, 0.25) is 0 Å². The standard InChI is InChI=1S/C21H19N3O2/c1-2-3-12-26-17-10-8-15(9-11-17)13-16(14-22)20-23-19-7-5-4-6-18(19)21(25)24-20/h4-11,13,18H,2-3,12H2,1H3/b16-13+. The fraction of sp³-hybridized carbons (Fsp3) is 0.238. The summed E-state index contributed by atoms with van der Waals surface area (Å²) < 4.78 is 5.63. The van der Waals surface area contributed by atoms with Crippen molar-refractivity contribution in [2.24, 2.45) is 15.9 Å². The summed E-state index contributed by atoms with van der Waals surface area (Å²) in [6.07, 6.45) is 10.9. The van der Waals surface area contributed by atoms with Crippen molar-refractivity contribution in [2.75, 3.05) is 6.61 Å². The largest absolute Gasteiger partial charge is 0.494 e. The van der Waals surface area contributed by atoms with Crippen molar-refractivity contribution < 1.29 is 9.53 Å². The number of benzene rings is 1. The third-order valence-electron chi connectivity index (χ3n) is 4.04. The van der Waals surface area contributed by atoms with E-state index in [-0.39, 0.29) is 17.3 Å². The van der Waals surface area contributed by atoms with Gasteiger partial charge in [-0.3, -0.25) is 4.79 Å². The zero-order valence-electron chi connectivity index (χ0n) is 14.6. The van der Waals surface area contributed by atoms with Gasteiger partial charge in [-0.05, 0) is 36.3 Å². The van der Waals surface area contributed by atoms with Crippen LogP contribution in [0, 0.1) is 17.2 Å². The molecule has 1 aromatic rings. The Balaban J connectivity index is 1.80. The molecular weight excluding hydrogens is 326 g/mol. The molecule has 1 heterocycles. The molecule has 1 aromatic carbocycles. The Morgan fingerprint density at radius 3 is 2.81 bits per heavy atom. The zero-order valence-corrected chi connectivity index (χ0v) is 14.6. The third-order valence-corrected chi connectivity index (χ3v) is 4.04. The van der Waals surface area contributed by atoms with Gasteiger partial charge in [0.2, 0.25) is 0 Å². The van der Waals surface area contributed by atoms with Crippen molar-refractivity contribution >= 4 is 23.5 Å². The number of rotatable bonds is 6. The quantitative estimate of drug-likeness (QED) is 0.580. The summed E-state index contributed by atoms with van der Waals surface area (Å²) in [4.78, 5) is 20.5. The molecule has 0 spiro atoms. The van der Waals surface area contributed by atoms with Crippen molar-refractivity contribution in [1.82, 2.24) is 0 Å². The normalized spacial score (nSPS) is 18.7. The number of carbonyl (C=O) groups excluding carboxylic acids is 1. The number of carbonyl (C=O) groups is 1. The second-order valence-corrected chi connectivity index (χ2v) is 5.97. The van der Waals surface area contributed by atoms with Gasteiger partial charge in [0.05, 0.1) is 17.9 Å². The molecule has 1 unspecified atom stereocenters. The van der Waals surface area contributed by atoms with Crippen LogP contribution in [0.1, 0.15) is 25.3 Å². The monoisotopic (exact) mass is 345 g/mol. The second-order valence-electron chi connectivity index (χ2n) is 5.97.